The van der Waals surface area contributed by atoms with Crippen LogP contribution in [0.25, 0.3) is 0 Å². The Labute approximate surface area is 66.7 Å². The van der Waals surface area contributed by atoms with Crippen molar-refractivity contribution in [2.75, 3.05) is 26.2 Å². The van der Waals surface area contributed by atoms with E-state index in [0.29, 0.717) is 19.6 Å². The average Bonchev–Trinajstić information content (AvgIpc) is 1.87. The zero-order chi connectivity index (χ0) is 7.82. The van der Waals surface area contributed by atoms with E-state index in [0.717, 1.165) is 0 Å². The molecule has 0 atom stereocenters. The number of nitrogens with one attached hydrogen (secondary N) is 1. The standard InChI is InChI=1S/C4H11N2O.H2O.O.Ti/c5-1-2-6-3-4-7;;;/h6H,1-5H2;1H2;;/q-1;;;+2/p-1. The van der Waals surface area contributed by atoms with Gasteiger partial charge in [-0.3, -0.25) is 0 Å². The van der Waals surface area contributed by atoms with Gasteiger partial charge in [-0.05, 0) is 0 Å². The Morgan fingerprint density at radius 1 is 1.60 bits per heavy atom. The third-order valence-electron chi connectivity index (χ3n) is 0.825. The molecule has 0 aliphatic heterocycles. The Bertz CT molecular complexity index is 101. The van der Waals surface area contributed by atoms with Crippen LogP contribution in [-0.2, 0) is 25.3 Å². The molecule has 0 fully saturated rings. The van der Waals surface area contributed by atoms with Gasteiger partial charge in [-0.25, -0.2) is 0 Å². The van der Waals surface area contributed by atoms with Crippen LogP contribution in [0.1, 0.15) is 0 Å². The summed E-state index contributed by atoms with van der Waals surface area (Å²) >= 11 is -3.27. The first-order valence-corrected chi connectivity index (χ1v) is 5.01. The third kappa shape index (κ3) is 8.35. The number of nitrogens with two attached hydrogens (primary N) is 1. The van der Waals surface area contributed by atoms with Crippen LogP contribution in [0.5, 0.6) is 0 Å². The number of hydrogen-bond acceptors (Lipinski definition) is 4. The fourth-order valence-corrected chi connectivity index (χ4v) is 0.870. The van der Waals surface area contributed by atoms with Crippen molar-refractivity contribution in [3.05, 3.63) is 0 Å². The molecule has 6 heteroatoms. The van der Waals surface area contributed by atoms with Crippen LogP contribution in [0.15, 0.2) is 0 Å². The van der Waals surface area contributed by atoms with Crippen LogP contribution in [-0.4, -0.2) is 29.9 Å². The summed E-state index contributed by atoms with van der Waals surface area (Å²) in [6, 6.07) is 0. The molecule has 0 aromatic carbocycles. The monoisotopic (exact) mass is 184 g/mol. The van der Waals surface area contributed by atoms with Gasteiger partial charge in [-0.1, -0.05) is 0 Å². The number of rotatable bonds is 6. The number of hydrogen-bond donors (Lipinski definition) is 3. The predicted octanol–water partition coefficient (Wildman–Crippen LogP) is -1.66. The van der Waals surface area contributed by atoms with Gasteiger partial charge in [0.2, 0.25) is 0 Å². The summed E-state index contributed by atoms with van der Waals surface area (Å²) in [6.45, 7) is 2.15. The molecule has 0 saturated carbocycles. The van der Waals surface area contributed by atoms with Crippen molar-refractivity contribution in [2.45, 2.75) is 0 Å². The van der Waals surface area contributed by atoms with E-state index in [1.165, 1.54) is 0 Å². The van der Waals surface area contributed by atoms with Crippen molar-refractivity contribution in [3.8, 4) is 0 Å². The summed E-state index contributed by atoms with van der Waals surface area (Å²) in [6.07, 6.45) is 0. The van der Waals surface area contributed by atoms with E-state index >= 15 is 0 Å². The molecule has 0 spiro atoms. The molecule has 0 aromatic rings. The molecule has 4 N–H and O–H groups in total. The minimum atomic E-state index is -3.27. The van der Waals surface area contributed by atoms with Gasteiger partial charge in [0.15, 0.2) is 0 Å². The second kappa shape index (κ2) is 7.46. The first-order chi connectivity index (χ1) is 4.77. The molecule has 0 bridgehead atoms. The molecular weight excluding hydrogens is 172 g/mol. The zero-order valence-electron chi connectivity index (χ0n) is 5.67. The summed E-state index contributed by atoms with van der Waals surface area (Å²) in [5.41, 5.74) is 5.17. The van der Waals surface area contributed by atoms with Gasteiger partial charge >= 0.3 is 66.2 Å². The summed E-state index contributed by atoms with van der Waals surface area (Å²) in [5.74, 6) is 0. The molecule has 0 aliphatic rings. The molecule has 10 heavy (non-hydrogen) atoms. The molecule has 0 amide bonds. The Balaban J connectivity index is 2.84. The second-order valence-electron chi connectivity index (χ2n) is 1.65. The normalized spacial score (nSPS) is 9.80. The third-order valence-corrected chi connectivity index (χ3v) is 1.53. The zero-order valence-corrected chi connectivity index (χ0v) is 7.23. The van der Waals surface area contributed by atoms with E-state index in [1.807, 2.05) is 0 Å². The van der Waals surface area contributed by atoms with Crippen LogP contribution in [0.2, 0.25) is 0 Å². The molecule has 0 aromatic heterocycles. The SMILES string of the molecule is NCCNCC[O][Ti](=[O])[OH]. The maximum atomic E-state index is 10.0. The van der Waals surface area contributed by atoms with Crippen molar-refractivity contribution in [2.24, 2.45) is 5.73 Å². The molecule has 60 valence electrons. The van der Waals surface area contributed by atoms with Gasteiger partial charge in [0.25, 0.3) is 0 Å². The molecule has 5 nitrogen and oxygen atoms in total. The van der Waals surface area contributed by atoms with Crippen LogP contribution < -0.4 is 11.1 Å². The molecule has 0 rings (SSSR count). The van der Waals surface area contributed by atoms with Crippen LogP contribution in [0, 0.1) is 0 Å². The van der Waals surface area contributed by atoms with Gasteiger partial charge < -0.3 is 0 Å². The van der Waals surface area contributed by atoms with Crippen molar-refractivity contribution in [3.63, 3.8) is 0 Å². The van der Waals surface area contributed by atoms with E-state index in [1.54, 1.807) is 0 Å². The molecular formula is C4H12N2O3Ti. The van der Waals surface area contributed by atoms with Crippen LogP contribution >= 0.6 is 0 Å². The fraction of sp³-hybridized carbons (Fsp3) is 1.00. The second-order valence-corrected chi connectivity index (χ2v) is 2.93. The minimum absolute atomic E-state index is 0.287. The topological polar surface area (TPSA) is 84.6 Å². The molecule has 0 radical (unpaired) electrons. The molecule has 0 saturated heterocycles. The maximum absolute atomic E-state index is 10.0. The van der Waals surface area contributed by atoms with Gasteiger partial charge in [0.05, 0.1) is 0 Å². The Kier molecular flexibility index (Phi) is 7.73. The average molecular weight is 184 g/mol. The predicted molar refractivity (Wildman–Crippen MR) is 30.8 cm³/mol. The molecule has 0 heterocycles. The van der Waals surface area contributed by atoms with Crippen molar-refractivity contribution >= 4 is 0 Å². The van der Waals surface area contributed by atoms with Crippen LogP contribution in [0.4, 0.5) is 0 Å². The van der Waals surface area contributed by atoms with Crippen LogP contribution in [0.3, 0.4) is 0 Å². The first-order valence-electron chi connectivity index (χ1n) is 3.04. The van der Waals surface area contributed by atoms with Gasteiger partial charge in [-0.15, -0.1) is 0 Å². The molecule has 0 unspecified atom stereocenters. The first kappa shape index (κ1) is 10.4. The Hall–Kier alpha value is 0.354. The van der Waals surface area contributed by atoms with E-state index in [4.69, 9.17) is 9.42 Å². The van der Waals surface area contributed by atoms with E-state index in [-0.39, 0.29) is 6.61 Å². The van der Waals surface area contributed by atoms with Gasteiger partial charge in [0, 0.05) is 0 Å². The summed E-state index contributed by atoms with van der Waals surface area (Å²) in [5, 5.41) is 2.92. The van der Waals surface area contributed by atoms with Gasteiger partial charge in [0.1, 0.15) is 0 Å². The fourth-order valence-electron chi connectivity index (χ4n) is 0.438. The van der Waals surface area contributed by atoms with E-state index in [2.05, 4.69) is 8.64 Å². The molecule has 0 aliphatic carbocycles. The van der Waals surface area contributed by atoms with E-state index in [9.17, 15) is 3.32 Å². The van der Waals surface area contributed by atoms with Crippen molar-refractivity contribution in [1.82, 2.24) is 5.32 Å². The van der Waals surface area contributed by atoms with Crippen molar-refractivity contribution < 1.29 is 28.9 Å². The Morgan fingerprint density at radius 2 is 2.30 bits per heavy atom. The summed E-state index contributed by atoms with van der Waals surface area (Å²) < 4.78 is 22.7. The summed E-state index contributed by atoms with van der Waals surface area (Å²) in [4.78, 5) is 0. The quantitative estimate of drug-likeness (QED) is 0.339. The Morgan fingerprint density at radius 3 is 2.80 bits per heavy atom. The van der Waals surface area contributed by atoms with Crippen molar-refractivity contribution in [1.29, 1.82) is 0 Å². The summed E-state index contributed by atoms with van der Waals surface area (Å²) in [7, 11) is 0. The van der Waals surface area contributed by atoms with Gasteiger partial charge in [-0.2, -0.15) is 0 Å². The van der Waals surface area contributed by atoms with E-state index < -0.39 is 18.6 Å².